The fourth-order valence-corrected chi connectivity index (χ4v) is 4.05. The van der Waals surface area contributed by atoms with E-state index in [-0.39, 0.29) is 5.75 Å². The van der Waals surface area contributed by atoms with Crippen LogP contribution in [-0.4, -0.2) is 77.4 Å². The number of benzene rings is 1. The number of nitrogens with zero attached hydrogens (tertiary/aromatic N) is 5. The zero-order chi connectivity index (χ0) is 25.9. The number of hydrazine groups is 1. The fraction of sp³-hybridized carbons (Fsp3) is 0.400. The maximum Gasteiger partial charge on any atom is 0.352 e. The van der Waals surface area contributed by atoms with Crippen molar-refractivity contribution in [2.75, 3.05) is 38.3 Å². The Bertz CT molecular complexity index is 1130. The quantitative estimate of drug-likeness (QED) is 0.186. The van der Waals surface area contributed by atoms with Crippen molar-refractivity contribution in [2.45, 2.75) is 11.9 Å². The first-order chi connectivity index (χ1) is 16.5. The highest BCUT2D eigenvalue weighted by molar-refractivity contribution is 7.99. The minimum absolute atomic E-state index is 0.204. The number of amidine groups is 1. The Morgan fingerprint density at radius 3 is 2.66 bits per heavy atom. The van der Waals surface area contributed by atoms with Gasteiger partial charge in [0.2, 0.25) is 5.91 Å². The van der Waals surface area contributed by atoms with Crippen LogP contribution in [0.4, 0.5) is 5.69 Å². The Hall–Kier alpha value is -3.85. The molecule has 3 rings (SSSR count). The van der Waals surface area contributed by atoms with E-state index in [0.29, 0.717) is 24.5 Å². The summed E-state index contributed by atoms with van der Waals surface area (Å²) in [7, 11) is 3.64. The standard InChI is InChI=1S/C20H26N8O6S/c1-26(2)11-6-10(17-23-4-5-24-17)7-12(8-11)34-18-16(28(32)33)15(25-20(35-3)27(18)22)13(19(30)31)9-14(21)29/h6-8,13,20H,4-5,9,22H2,1-3H3,(H2,21,29)(H,23,24)(H,30,31). The molecule has 0 bridgehead atoms. The number of hydrogen-bond donors (Lipinski definition) is 4. The van der Waals surface area contributed by atoms with Gasteiger partial charge in [-0.1, -0.05) is 0 Å². The summed E-state index contributed by atoms with van der Waals surface area (Å²) in [5.41, 5.74) is 4.45. The van der Waals surface area contributed by atoms with Crippen LogP contribution in [0.15, 0.2) is 39.8 Å². The highest BCUT2D eigenvalue weighted by Crippen LogP contribution is 2.32. The lowest BCUT2D eigenvalue weighted by molar-refractivity contribution is -0.420. The van der Waals surface area contributed by atoms with Crippen molar-refractivity contribution in [3.8, 4) is 5.75 Å². The number of ether oxygens (including phenoxy) is 1. The predicted octanol–water partition coefficient (Wildman–Crippen LogP) is -0.220. The average molecular weight is 507 g/mol. The molecule has 0 saturated carbocycles. The van der Waals surface area contributed by atoms with E-state index in [0.717, 1.165) is 22.5 Å². The summed E-state index contributed by atoms with van der Waals surface area (Å²) < 4.78 is 5.96. The smallest absolute Gasteiger partial charge is 0.352 e. The summed E-state index contributed by atoms with van der Waals surface area (Å²) in [5, 5.41) is 25.9. The van der Waals surface area contributed by atoms with E-state index in [9.17, 15) is 24.8 Å². The normalized spacial score (nSPS) is 18.4. The molecule has 1 aromatic carbocycles. The zero-order valence-corrected chi connectivity index (χ0v) is 20.1. The van der Waals surface area contributed by atoms with Gasteiger partial charge >= 0.3 is 11.7 Å². The Balaban J connectivity index is 2.16. The van der Waals surface area contributed by atoms with Crippen LogP contribution in [-0.2, 0) is 9.59 Å². The van der Waals surface area contributed by atoms with Crippen molar-refractivity contribution in [1.82, 2.24) is 10.3 Å². The third-order valence-corrected chi connectivity index (χ3v) is 5.92. The molecule has 35 heavy (non-hydrogen) atoms. The molecular weight excluding hydrogens is 480 g/mol. The van der Waals surface area contributed by atoms with Gasteiger partial charge in [0.05, 0.1) is 11.5 Å². The molecule has 0 aromatic heterocycles. The number of carboxylic acid groups (broad SMARTS) is 1. The molecule has 0 aliphatic carbocycles. The molecule has 2 heterocycles. The van der Waals surface area contributed by atoms with Gasteiger partial charge in [-0.2, -0.15) is 0 Å². The van der Waals surface area contributed by atoms with Gasteiger partial charge in [-0.15, -0.1) is 11.8 Å². The average Bonchev–Trinajstić information content (AvgIpc) is 3.33. The molecule has 2 atom stereocenters. The summed E-state index contributed by atoms with van der Waals surface area (Å²) in [6.07, 6.45) is 0.954. The van der Waals surface area contributed by atoms with Crippen molar-refractivity contribution in [2.24, 2.45) is 27.5 Å². The Kier molecular flexibility index (Phi) is 7.81. The molecule has 0 saturated heterocycles. The molecule has 188 valence electrons. The van der Waals surface area contributed by atoms with Gasteiger partial charge in [-0.3, -0.25) is 24.7 Å². The number of carbonyl (C=O) groups is 2. The van der Waals surface area contributed by atoms with E-state index in [1.807, 2.05) is 25.1 Å². The minimum atomic E-state index is -1.66. The van der Waals surface area contributed by atoms with Gasteiger partial charge < -0.3 is 25.8 Å². The van der Waals surface area contributed by atoms with E-state index in [1.165, 1.54) is 0 Å². The van der Waals surface area contributed by atoms with Crippen molar-refractivity contribution in [3.05, 3.63) is 45.5 Å². The molecule has 6 N–H and O–H groups in total. The van der Waals surface area contributed by atoms with Gasteiger partial charge in [0, 0.05) is 44.4 Å². The predicted molar refractivity (Wildman–Crippen MR) is 131 cm³/mol. The third kappa shape index (κ3) is 5.63. The summed E-state index contributed by atoms with van der Waals surface area (Å²) >= 11 is 1.10. The number of amides is 1. The number of primary amides is 1. The highest BCUT2D eigenvalue weighted by atomic mass is 32.2. The van der Waals surface area contributed by atoms with Crippen LogP contribution in [0.3, 0.4) is 0 Å². The van der Waals surface area contributed by atoms with Gasteiger partial charge in [0.25, 0.3) is 5.88 Å². The summed E-state index contributed by atoms with van der Waals surface area (Å²) in [4.78, 5) is 45.1. The first-order valence-corrected chi connectivity index (χ1v) is 11.7. The molecule has 0 spiro atoms. The second-order valence-electron chi connectivity index (χ2n) is 7.82. The lowest BCUT2D eigenvalue weighted by atomic mass is 9.96. The van der Waals surface area contributed by atoms with Gasteiger partial charge in [-0.05, 0) is 18.4 Å². The van der Waals surface area contributed by atoms with Crippen LogP contribution in [0, 0.1) is 16.0 Å². The largest absolute Gasteiger partial charge is 0.481 e. The number of thioether (sulfide) groups is 1. The maximum absolute atomic E-state index is 12.1. The summed E-state index contributed by atoms with van der Waals surface area (Å²) in [5.74, 6) is 2.47. The van der Waals surface area contributed by atoms with Gasteiger partial charge in [-0.25, -0.2) is 15.8 Å². The number of aliphatic imine (C=N–C) groups is 2. The lowest BCUT2D eigenvalue weighted by Gasteiger charge is -2.31. The molecule has 0 fully saturated rings. The fourth-order valence-electron chi connectivity index (χ4n) is 3.51. The Morgan fingerprint density at radius 2 is 2.14 bits per heavy atom. The molecule has 2 aliphatic rings. The number of aliphatic carboxylic acids is 1. The molecule has 15 heteroatoms. The van der Waals surface area contributed by atoms with Crippen LogP contribution in [0.2, 0.25) is 0 Å². The lowest BCUT2D eigenvalue weighted by Crippen LogP contribution is -2.47. The molecule has 0 radical (unpaired) electrons. The van der Waals surface area contributed by atoms with Crippen molar-refractivity contribution < 1.29 is 24.4 Å². The number of carbonyl (C=O) groups excluding carboxylic acids is 1. The second-order valence-corrected chi connectivity index (χ2v) is 8.72. The van der Waals surface area contributed by atoms with Crippen LogP contribution < -0.4 is 26.5 Å². The third-order valence-electron chi connectivity index (χ3n) is 5.16. The molecule has 2 aliphatic heterocycles. The first-order valence-electron chi connectivity index (χ1n) is 10.4. The molecular formula is C20H26N8O6S. The Labute approximate surface area is 204 Å². The zero-order valence-electron chi connectivity index (χ0n) is 19.3. The van der Waals surface area contributed by atoms with E-state index in [1.54, 1.807) is 18.4 Å². The van der Waals surface area contributed by atoms with Crippen LogP contribution >= 0.6 is 11.8 Å². The van der Waals surface area contributed by atoms with Crippen LogP contribution in [0.25, 0.3) is 0 Å². The first kappa shape index (κ1) is 25.8. The SMILES string of the molecule is CSC1N=C(C(CC(N)=O)C(=O)O)C([N+](=O)[O-])=C(Oc2cc(C3=NCCN3)cc(N(C)C)c2)N1N. The molecule has 1 amide bonds. The number of carboxylic acids is 1. The van der Waals surface area contributed by atoms with Crippen molar-refractivity contribution in [3.63, 3.8) is 0 Å². The number of nitrogens with two attached hydrogens (primary N) is 2. The van der Waals surface area contributed by atoms with E-state index < -0.39 is 51.9 Å². The number of nitrogens with one attached hydrogen (secondary N) is 1. The summed E-state index contributed by atoms with van der Waals surface area (Å²) in [6, 6.07) is 5.16. The number of nitro groups is 1. The van der Waals surface area contributed by atoms with Crippen molar-refractivity contribution >= 4 is 40.9 Å². The maximum atomic E-state index is 12.1. The van der Waals surface area contributed by atoms with E-state index in [4.69, 9.17) is 16.3 Å². The number of anilines is 1. The number of allylic oxidation sites excluding steroid dienone is 1. The summed E-state index contributed by atoms with van der Waals surface area (Å²) in [6.45, 7) is 1.28. The number of rotatable bonds is 10. The Morgan fingerprint density at radius 1 is 1.43 bits per heavy atom. The van der Waals surface area contributed by atoms with E-state index >= 15 is 0 Å². The molecule has 2 unspecified atom stereocenters. The van der Waals surface area contributed by atoms with E-state index in [2.05, 4.69) is 15.3 Å². The monoisotopic (exact) mass is 506 g/mol. The second kappa shape index (κ2) is 10.6. The highest BCUT2D eigenvalue weighted by Gasteiger charge is 2.44. The molecule has 1 aromatic rings. The van der Waals surface area contributed by atoms with Crippen LogP contribution in [0.1, 0.15) is 12.0 Å². The van der Waals surface area contributed by atoms with Crippen molar-refractivity contribution in [1.29, 1.82) is 0 Å². The van der Waals surface area contributed by atoms with Gasteiger partial charge in [0.15, 0.2) is 5.50 Å². The van der Waals surface area contributed by atoms with Crippen LogP contribution in [0.5, 0.6) is 5.75 Å². The minimum Gasteiger partial charge on any atom is -0.481 e. The number of hydrogen-bond acceptors (Lipinski definition) is 12. The molecule has 14 nitrogen and oxygen atoms in total. The van der Waals surface area contributed by atoms with Gasteiger partial charge in [0.1, 0.15) is 23.2 Å². The topological polar surface area (TPSA) is 202 Å².